The Kier molecular flexibility index (Phi) is 6.36. The van der Waals surface area contributed by atoms with Crippen LogP contribution < -0.4 is 9.64 Å². The second-order valence-electron chi connectivity index (χ2n) is 8.03. The summed E-state index contributed by atoms with van der Waals surface area (Å²) in [6.07, 6.45) is 2.10. The molecule has 0 N–H and O–H groups in total. The van der Waals surface area contributed by atoms with E-state index in [0.29, 0.717) is 25.1 Å². The Bertz CT molecular complexity index is 1120. The standard InChI is InChI=1S/C22H24BrClN2O4S/c1-14-10-16-11-17(23)5-7-20(16)26(14)22(27)15-4-3-9-25(13-15)31(28,29)18-6-8-21(30-2)19(24)12-18/h5-8,11-12,14-15H,3-4,9-10,13H2,1-2H3/t14-,15+/m0/s1. The van der Waals surface area contributed by atoms with E-state index in [1.54, 1.807) is 6.07 Å². The molecule has 9 heteroatoms. The van der Waals surface area contributed by atoms with Gasteiger partial charge in [-0.05, 0) is 68.1 Å². The largest absolute Gasteiger partial charge is 0.495 e. The van der Waals surface area contributed by atoms with E-state index >= 15 is 0 Å². The van der Waals surface area contributed by atoms with E-state index in [1.165, 1.54) is 23.5 Å². The summed E-state index contributed by atoms with van der Waals surface area (Å²) in [7, 11) is -2.28. The lowest BCUT2D eigenvalue weighted by Gasteiger charge is -2.34. The number of benzene rings is 2. The van der Waals surface area contributed by atoms with Crippen LogP contribution in [0.1, 0.15) is 25.3 Å². The van der Waals surface area contributed by atoms with Crippen LogP contribution in [0.25, 0.3) is 0 Å². The maximum absolute atomic E-state index is 13.5. The fourth-order valence-electron chi connectivity index (χ4n) is 4.45. The van der Waals surface area contributed by atoms with Gasteiger partial charge in [0.05, 0.1) is 22.9 Å². The molecule has 2 aliphatic rings. The Morgan fingerprint density at radius 1 is 1.23 bits per heavy atom. The van der Waals surface area contributed by atoms with Crippen molar-refractivity contribution in [3.8, 4) is 5.75 Å². The van der Waals surface area contributed by atoms with Crippen molar-refractivity contribution >= 4 is 49.1 Å². The van der Waals surface area contributed by atoms with Crippen molar-refractivity contribution in [3.63, 3.8) is 0 Å². The normalized spacial score (nSPS) is 21.7. The van der Waals surface area contributed by atoms with Crippen LogP contribution >= 0.6 is 27.5 Å². The van der Waals surface area contributed by atoms with E-state index in [-0.39, 0.29) is 34.3 Å². The summed E-state index contributed by atoms with van der Waals surface area (Å²) >= 11 is 9.63. The van der Waals surface area contributed by atoms with Crippen LogP contribution in [0.3, 0.4) is 0 Å². The third-order valence-corrected chi connectivity index (χ3v) is 8.64. The first-order valence-electron chi connectivity index (χ1n) is 10.2. The van der Waals surface area contributed by atoms with E-state index in [1.807, 2.05) is 30.0 Å². The van der Waals surface area contributed by atoms with E-state index in [2.05, 4.69) is 15.9 Å². The Labute approximate surface area is 196 Å². The summed E-state index contributed by atoms with van der Waals surface area (Å²) in [4.78, 5) is 15.4. The molecule has 1 amide bonds. The molecule has 4 rings (SSSR count). The Hall–Kier alpha value is -1.61. The number of sulfonamides is 1. The van der Waals surface area contributed by atoms with Crippen molar-refractivity contribution in [2.45, 2.75) is 37.1 Å². The van der Waals surface area contributed by atoms with Crippen molar-refractivity contribution in [3.05, 3.63) is 51.5 Å². The maximum Gasteiger partial charge on any atom is 0.243 e. The molecule has 0 radical (unpaired) electrons. The van der Waals surface area contributed by atoms with Crippen molar-refractivity contribution in [2.24, 2.45) is 5.92 Å². The number of methoxy groups -OCH3 is 1. The summed E-state index contributed by atoms with van der Waals surface area (Å²) in [5.74, 6) is 0.0242. The molecule has 0 spiro atoms. The minimum absolute atomic E-state index is 0.0127. The molecule has 1 fully saturated rings. The van der Waals surface area contributed by atoms with Crippen LogP contribution in [-0.4, -0.2) is 44.9 Å². The Balaban J connectivity index is 1.56. The zero-order valence-electron chi connectivity index (χ0n) is 17.3. The first kappa shape index (κ1) is 22.6. The topological polar surface area (TPSA) is 66.9 Å². The maximum atomic E-state index is 13.5. The number of nitrogens with zero attached hydrogens (tertiary/aromatic N) is 2. The van der Waals surface area contributed by atoms with Gasteiger partial charge in [0.25, 0.3) is 0 Å². The first-order valence-corrected chi connectivity index (χ1v) is 12.8. The van der Waals surface area contributed by atoms with Gasteiger partial charge in [0, 0.05) is 29.3 Å². The smallest absolute Gasteiger partial charge is 0.243 e. The minimum atomic E-state index is -3.76. The van der Waals surface area contributed by atoms with E-state index in [9.17, 15) is 13.2 Å². The molecule has 0 bridgehead atoms. The fraction of sp³-hybridized carbons (Fsp3) is 0.409. The molecule has 2 aliphatic heterocycles. The molecule has 2 aromatic rings. The zero-order valence-corrected chi connectivity index (χ0v) is 20.5. The summed E-state index contributed by atoms with van der Waals surface area (Å²) in [5, 5.41) is 0.238. The average molecular weight is 528 g/mol. The quantitative estimate of drug-likeness (QED) is 0.588. The van der Waals surface area contributed by atoms with Crippen LogP contribution in [0.4, 0.5) is 5.69 Å². The van der Waals surface area contributed by atoms with Crippen molar-refractivity contribution in [1.82, 2.24) is 4.31 Å². The molecule has 0 aromatic heterocycles. The van der Waals surface area contributed by atoms with E-state index in [0.717, 1.165) is 22.1 Å². The third kappa shape index (κ3) is 4.23. The molecule has 1 saturated heterocycles. The van der Waals surface area contributed by atoms with Gasteiger partial charge in [-0.2, -0.15) is 4.31 Å². The van der Waals surface area contributed by atoms with Crippen molar-refractivity contribution in [1.29, 1.82) is 0 Å². The molecular formula is C22H24BrClN2O4S. The number of hydrogen-bond acceptors (Lipinski definition) is 4. The summed E-state index contributed by atoms with van der Waals surface area (Å²) in [6, 6.07) is 10.4. The third-order valence-electron chi connectivity index (χ3n) is 5.99. The van der Waals surface area contributed by atoms with Crippen LogP contribution in [0, 0.1) is 5.92 Å². The summed E-state index contributed by atoms with van der Waals surface area (Å²) in [6.45, 7) is 2.58. The van der Waals surface area contributed by atoms with Gasteiger partial charge >= 0.3 is 0 Å². The lowest BCUT2D eigenvalue weighted by Crippen LogP contribution is -2.48. The molecule has 0 unspecified atom stereocenters. The van der Waals surface area contributed by atoms with Gasteiger partial charge in [0.2, 0.25) is 15.9 Å². The fourth-order valence-corrected chi connectivity index (χ4v) is 6.73. The highest BCUT2D eigenvalue weighted by molar-refractivity contribution is 9.10. The van der Waals surface area contributed by atoms with Gasteiger partial charge in [-0.25, -0.2) is 8.42 Å². The Morgan fingerprint density at radius 3 is 2.71 bits per heavy atom. The predicted molar refractivity (Wildman–Crippen MR) is 124 cm³/mol. The van der Waals surface area contributed by atoms with Crippen LogP contribution in [0.15, 0.2) is 45.8 Å². The predicted octanol–water partition coefficient (Wildman–Crippen LogP) is 4.49. The number of rotatable bonds is 4. The van der Waals surface area contributed by atoms with Gasteiger partial charge in [-0.3, -0.25) is 4.79 Å². The summed E-state index contributed by atoms with van der Waals surface area (Å²) in [5.41, 5.74) is 2.05. The number of carbonyl (C=O) groups excluding carboxylic acids is 1. The van der Waals surface area contributed by atoms with Crippen molar-refractivity contribution < 1.29 is 17.9 Å². The molecule has 6 nitrogen and oxygen atoms in total. The molecule has 2 heterocycles. The van der Waals surface area contributed by atoms with Gasteiger partial charge in [-0.1, -0.05) is 27.5 Å². The van der Waals surface area contributed by atoms with Crippen molar-refractivity contribution in [2.75, 3.05) is 25.1 Å². The number of carbonyl (C=O) groups is 1. The number of ether oxygens (including phenoxy) is 1. The molecule has 2 aromatic carbocycles. The Morgan fingerprint density at radius 2 is 2.00 bits per heavy atom. The molecule has 0 saturated carbocycles. The number of hydrogen-bond donors (Lipinski definition) is 0. The lowest BCUT2D eigenvalue weighted by atomic mass is 9.97. The monoisotopic (exact) mass is 526 g/mol. The molecule has 0 aliphatic carbocycles. The number of halogens is 2. The zero-order chi connectivity index (χ0) is 22.3. The van der Waals surface area contributed by atoms with Gasteiger partial charge < -0.3 is 9.64 Å². The number of amides is 1. The molecule has 166 valence electrons. The van der Waals surface area contributed by atoms with E-state index < -0.39 is 10.0 Å². The lowest BCUT2D eigenvalue weighted by molar-refractivity contribution is -0.123. The SMILES string of the molecule is COc1ccc(S(=O)(=O)N2CCC[C@@H](C(=O)N3c4ccc(Br)cc4C[C@@H]3C)C2)cc1Cl. The second kappa shape index (κ2) is 8.73. The highest BCUT2D eigenvalue weighted by Gasteiger charge is 2.39. The van der Waals surface area contributed by atoms with E-state index in [4.69, 9.17) is 16.3 Å². The molecule has 2 atom stereocenters. The molecule has 31 heavy (non-hydrogen) atoms. The molecular weight excluding hydrogens is 504 g/mol. The summed E-state index contributed by atoms with van der Waals surface area (Å²) < 4.78 is 34.0. The van der Waals surface area contributed by atoms with Crippen LogP contribution in [-0.2, 0) is 21.2 Å². The highest BCUT2D eigenvalue weighted by Crippen LogP contribution is 2.37. The number of piperidine rings is 1. The number of anilines is 1. The van der Waals surface area contributed by atoms with Crippen LogP contribution in [0.2, 0.25) is 5.02 Å². The van der Waals surface area contributed by atoms with Crippen LogP contribution in [0.5, 0.6) is 5.75 Å². The van der Waals surface area contributed by atoms with Gasteiger partial charge in [0.1, 0.15) is 5.75 Å². The minimum Gasteiger partial charge on any atom is -0.495 e. The second-order valence-corrected chi connectivity index (χ2v) is 11.3. The van der Waals surface area contributed by atoms with Gasteiger partial charge in [0.15, 0.2) is 0 Å². The highest BCUT2D eigenvalue weighted by atomic mass is 79.9. The first-order chi connectivity index (χ1) is 14.7. The van der Waals surface area contributed by atoms with Gasteiger partial charge in [-0.15, -0.1) is 0 Å². The number of fused-ring (bicyclic) bond motifs is 1. The average Bonchev–Trinajstić information content (AvgIpc) is 3.07.